The summed E-state index contributed by atoms with van der Waals surface area (Å²) in [5.41, 5.74) is 0.969. The van der Waals surface area contributed by atoms with Crippen molar-refractivity contribution in [2.45, 2.75) is 32.4 Å². The minimum Gasteiger partial charge on any atom is -0.459 e. The Labute approximate surface area is 157 Å². The Balaban J connectivity index is 1.48. The first-order chi connectivity index (χ1) is 13.2. The first kappa shape index (κ1) is 17.5. The SMILES string of the molecule is CCN(Cc1ccc2c(c1)OCO2)C(=O)[C@@H]1CCCN1C(=O)c1ccco1. The second kappa shape index (κ2) is 7.34. The molecule has 0 radical (unpaired) electrons. The summed E-state index contributed by atoms with van der Waals surface area (Å²) in [6.45, 7) is 3.76. The molecule has 0 spiro atoms. The Morgan fingerprint density at radius 3 is 2.85 bits per heavy atom. The van der Waals surface area contributed by atoms with Gasteiger partial charge in [-0.25, -0.2) is 0 Å². The topological polar surface area (TPSA) is 72.2 Å². The number of carbonyl (C=O) groups is 2. The second-order valence-electron chi connectivity index (χ2n) is 6.67. The summed E-state index contributed by atoms with van der Waals surface area (Å²) in [4.78, 5) is 29.2. The van der Waals surface area contributed by atoms with Gasteiger partial charge in [0.1, 0.15) is 6.04 Å². The highest BCUT2D eigenvalue weighted by Gasteiger charge is 2.37. The largest absolute Gasteiger partial charge is 0.459 e. The van der Waals surface area contributed by atoms with Crippen LogP contribution in [0.1, 0.15) is 35.9 Å². The monoisotopic (exact) mass is 370 g/mol. The van der Waals surface area contributed by atoms with Crippen molar-refractivity contribution in [1.82, 2.24) is 9.80 Å². The summed E-state index contributed by atoms with van der Waals surface area (Å²) >= 11 is 0. The maximum atomic E-state index is 13.1. The fourth-order valence-corrected chi connectivity index (χ4v) is 3.62. The highest BCUT2D eigenvalue weighted by molar-refractivity contribution is 5.96. The van der Waals surface area contributed by atoms with E-state index in [0.29, 0.717) is 31.8 Å². The smallest absolute Gasteiger partial charge is 0.290 e. The number of ether oxygens (including phenoxy) is 2. The molecule has 0 N–H and O–H groups in total. The molecule has 2 aromatic rings. The molecule has 0 aliphatic carbocycles. The summed E-state index contributed by atoms with van der Waals surface area (Å²) in [5.74, 6) is 1.43. The Morgan fingerprint density at radius 2 is 2.07 bits per heavy atom. The zero-order valence-corrected chi connectivity index (χ0v) is 15.2. The van der Waals surface area contributed by atoms with Gasteiger partial charge in [-0.3, -0.25) is 9.59 Å². The summed E-state index contributed by atoms with van der Waals surface area (Å²) in [6, 6.07) is 8.56. The van der Waals surface area contributed by atoms with Crippen LogP contribution in [0.2, 0.25) is 0 Å². The normalized spacial score (nSPS) is 18.0. The molecule has 0 saturated carbocycles. The molecule has 4 rings (SSSR count). The van der Waals surface area contributed by atoms with Crippen LogP contribution in [0.3, 0.4) is 0 Å². The van der Waals surface area contributed by atoms with Gasteiger partial charge in [-0.2, -0.15) is 0 Å². The van der Waals surface area contributed by atoms with Crippen LogP contribution in [0.4, 0.5) is 0 Å². The molecule has 27 heavy (non-hydrogen) atoms. The van der Waals surface area contributed by atoms with Crippen molar-refractivity contribution in [3.63, 3.8) is 0 Å². The van der Waals surface area contributed by atoms with Gasteiger partial charge in [0.15, 0.2) is 17.3 Å². The molecule has 1 atom stereocenters. The number of hydrogen-bond donors (Lipinski definition) is 0. The highest BCUT2D eigenvalue weighted by Crippen LogP contribution is 2.33. The Morgan fingerprint density at radius 1 is 1.22 bits per heavy atom. The summed E-state index contributed by atoms with van der Waals surface area (Å²) in [6.07, 6.45) is 2.95. The van der Waals surface area contributed by atoms with Gasteiger partial charge in [0.2, 0.25) is 12.7 Å². The van der Waals surface area contributed by atoms with Crippen LogP contribution in [0, 0.1) is 0 Å². The Kier molecular flexibility index (Phi) is 4.75. The van der Waals surface area contributed by atoms with Crippen LogP contribution in [-0.2, 0) is 11.3 Å². The van der Waals surface area contributed by atoms with Gasteiger partial charge in [-0.15, -0.1) is 0 Å². The molecule has 2 amide bonds. The number of amides is 2. The van der Waals surface area contributed by atoms with E-state index in [1.54, 1.807) is 21.9 Å². The first-order valence-electron chi connectivity index (χ1n) is 9.19. The number of benzene rings is 1. The summed E-state index contributed by atoms with van der Waals surface area (Å²) < 4.78 is 16.0. The third kappa shape index (κ3) is 3.37. The van der Waals surface area contributed by atoms with E-state index in [-0.39, 0.29) is 24.4 Å². The zero-order valence-electron chi connectivity index (χ0n) is 15.2. The van der Waals surface area contributed by atoms with Crippen LogP contribution in [0.15, 0.2) is 41.0 Å². The van der Waals surface area contributed by atoms with Crippen LogP contribution < -0.4 is 9.47 Å². The number of fused-ring (bicyclic) bond motifs is 1. The van der Waals surface area contributed by atoms with E-state index in [9.17, 15) is 9.59 Å². The van der Waals surface area contributed by atoms with E-state index in [1.165, 1.54) is 6.26 Å². The van der Waals surface area contributed by atoms with Crippen LogP contribution in [0.5, 0.6) is 11.5 Å². The van der Waals surface area contributed by atoms with Gasteiger partial charge in [0.05, 0.1) is 6.26 Å². The molecular weight excluding hydrogens is 348 g/mol. The second-order valence-corrected chi connectivity index (χ2v) is 6.67. The number of carbonyl (C=O) groups excluding carboxylic acids is 2. The van der Waals surface area contributed by atoms with Crippen molar-refractivity contribution in [2.75, 3.05) is 19.9 Å². The van der Waals surface area contributed by atoms with Crippen molar-refractivity contribution < 1.29 is 23.5 Å². The van der Waals surface area contributed by atoms with Gasteiger partial charge in [-0.05, 0) is 49.6 Å². The van der Waals surface area contributed by atoms with Crippen LogP contribution >= 0.6 is 0 Å². The zero-order chi connectivity index (χ0) is 18.8. The molecule has 0 bridgehead atoms. The lowest BCUT2D eigenvalue weighted by molar-refractivity contribution is -0.135. The maximum Gasteiger partial charge on any atom is 0.290 e. The number of hydrogen-bond acceptors (Lipinski definition) is 5. The Bertz CT molecular complexity index is 833. The summed E-state index contributed by atoms with van der Waals surface area (Å²) in [5, 5.41) is 0. The van der Waals surface area contributed by atoms with Crippen molar-refractivity contribution in [3.8, 4) is 11.5 Å². The van der Waals surface area contributed by atoms with Gasteiger partial charge >= 0.3 is 0 Å². The average Bonchev–Trinajstić information content (AvgIpc) is 3.45. The molecule has 1 fully saturated rings. The molecule has 1 aromatic heterocycles. The fraction of sp³-hybridized carbons (Fsp3) is 0.400. The molecule has 2 aliphatic rings. The van der Waals surface area contributed by atoms with E-state index in [2.05, 4.69) is 0 Å². The maximum absolute atomic E-state index is 13.1. The number of furan rings is 1. The molecule has 0 unspecified atom stereocenters. The number of rotatable bonds is 5. The quantitative estimate of drug-likeness (QED) is 0.809. The number of likely N-dealkylation sites (N-methyl/N-ethyl adjacent to an activating group) is 1. The standard InChI is InChI=1S/C20H22N2O5/c1-2-21(12-14-7-8-16-18(11-14)27-13-26-16)19(23)15-5-3-9-22(15)20(24)17-6-4-10-25-17/h4,6-8,10-11,15H,2-3,5,9,12-13H2,1H3/t15-/m0/s1. The number of nitrogens with zero attached hydrogens (tertiary/aromatic N) is 2. The Hall–Kier alpha value is -2.96. The summed E-state index contributed by atoms with van der Waals surface area (Å²) in [7, 11) is 0. The van der Waals surface area contributed by atoms with Gasteiger partial charge in [0.25, 0.3) is 5.91 Å². The van der Waals surface area contributed by atoms with Gasteiger partial charge in [0, 0.05) is 19.6 Å². The molecule has 3 heterocycles. The van der Waals surface area contributed by atoms with E-state index in [4.69, 9.17) is 13.9 Å². The van der Waals surface area contributed by atoms with Crippen LogP contribution in [0.25, 0.3) is 0 Å². The van der Waals surface area contributed by atoms with E-state index >= 15 is 0 Å². The van der Waals surface area contributed by atoms with Crippen molar-refractivity contribution in [1.29, 1.82) is 0 Å². The molecule has 1 saturated heterocycles. The predicted octanol–water partition coefficient (Wildman–Crippen LogP) is 2.66. The van der Waals surface area contributed by atoms with E-state index < -0.39 is 6.04 Å². The molecule has 2 aliphatic heterocycles. The van der Waals surface area contributed by atoms with Gasteiger partial charge < -0.3 is 23.7 Å². The van der Waals surface area contributed by atoms with Gasteiger partial charge in [-0.1, -0.05) is 6.07 Å². The minimum absolute atomic E-state index is 0.0347. The van der Waals surface area contributed by atoms with Crippen molar-refractivity contribution in [3.05, 3.63) is 47.9 Å². The average molecular weight is 370 g/mol. The minimum atomic E-state index is -0.448. The lowest BCUT2D eigenvalue weighted by Crippen LogP contribution is -2.47. The third-order valence-corrected chi connectivity index (χ3v) is 5.03. The molecule has 7 heteroatoms. The predicted molar refractivity (Wildman–Crippen MR) is 96.4 cm³/mol. The van der Waals surface area contributed by atoms with Crippen LogP contribution in [-0.4, -0.2) is 47.5 Å². The number of likely N-dealkylation sites (tertiary alicyclic amines) is 1. The molecular formula is C20H22N2O5. The lowest BCUT2D eigenvalue weighted by atomic mass is 10.1. The molecule has 1 aromatic carbocycles. The molecule has 7 nitrogen and oxygen atoms in total. The first-order valence-corrected chi connectivity index (χ1v) is 9.19. The van der Waals surface area contributed by atoms with E-state index in [0.717, 1.165) is 17.7 Å². The highest BCUT2D eigenvalue weighted by atomic mass is 16.7. The van der Waals surface area contributed by atoms with Crippen molar-refractivity contribution >= 4 is 11.8 Å². The third-order valence-electron chi connectivity index (χ3n) is 5.03. The lowest BCUT2D eigenvalue weighted by Gasteiger charge is -2.29. The molecule has 142 valence electrons. The fourth-order valence-electron chi connectivity index (χ4n) is 3.62. The van der Waals surface area contributed by atoms with Crippen molar-refractivity contribution in [2.24, 2.45) is 0 Å². The van der Waals surface area contributed by atoms with E-state index in [1.807, 2.05) is 25.1 Å².